The summed E-state index contributed by atoms with van der Waals surface area (Å²) in [6.45, 7) is 2.16. The molecular formula is C7H10BrN3O. The maximum absolute atomic E-state index is 8.94. The summed E-state index contributed by atoms with van der Waals surface area (Å²) >= 11 is 3.22. The van der Waals surface area contributed by atoms with Crippen LogP contribution < -0.4 is 5.32 Å². The van der Waals surface area contributed by atoms with Crippen molar-refractivity contribution in [3.8, 4) is 0 Å². The fraction of sp³-hybridized carbons (Fsp3) is 0.429. The number of nitrogens with one attached hydrogen (secondary N) is 1. The summed E-state index contributed by atoms with van der Waals surface area (Å²) < 4.78 is 0.838. The highest BCUT2D eigenvalue weighted by atomic mass is 79.9. The topological polar surface area (TPSA) is 58.0 Å². The first-order valence-corrected chi connectivity index (χ1v) is 4.37. The third-order valence-electron chi connectivity index (χ3n) is 1.18. The minimum absolute atomic E-state index is 0.391. The summed E-state index contributed by atoms with van der Waals surface area (Å²) in [5.74, 6) is 0.527. The Kier molecular flexibility index (Phi) is 3.43. The number of aliphatic hydroxyl groups excluding tert-OH is 1. The Morgan fingerprint density at radius 3 is 2.67 bits per heavy atom. The van der Waals surface area contributed by atoms with Gasteiger partial charge in [0.25, 0.3) is 0 Å². The van der Waals surface area contributed by atoms with E-state index >= 15 is 0 Å². The van der Waals surface area contributed by atoms with Crippen LogP contribution in [0.5, 0.6) is 0 Å². The third kappa shape index (κ3) is 3.15. The lowest BCUT2D eigenvalue weighted by Gasteiger charge is -2.05. The number of halogens is 1. The fourth-order valence-corrected chi connectivity index (χ4v) is 0.847. The molecule has 1 atom stereocenters. The van der Waals surface area contributed by atoms with E-state index in [1.54, 1.807) is 19.3 Å². The van der Waals surface area contributed by atoms with Crippen LogP contribution in [0.15, 0.2) is 16.9 Å². The van der Waals surface area contributed by atoms with Crippen molar-refractivity contribution in [2.24, 2.45) is 0 Å². The number of aromatic nitrogens is 2. The molecule has 4 nitrogen and oxygen atoms in total. The molecule has 0 saturated carbocycles. The molecule has 0 saturated heterocycles. The molecule has 0 aliphatic carbocycles. The zero-order valence-electron chi connectivity index (χ0n) is 6.66. The lowest BCUT2D eigenvalue weighted by molar-refractivity contribution is 0.208. The van der Waals surface area contributed by atoms with Crippen molar-refractivity contribution in [2.75, 3.05) is 11.9 Å². The van der Waals surface area contributed by atoms with Crippen molar-refractivity contribution in [1.82, 2.24) is 9.97 Å². The fourth-order valence-electron chi connectivity index (χ4n) is 0.643. The molecule has 2 N–H and O–H groups in total. The highest BCUT2D eigenvalue weighted by Gasteiger charge is 1.97. The molecule has 0 aliphatic heterocycles. The quantitative estimate of drug-likeness (QED) is 0.817. The second-order valence-electron chi connectivity index (χ2n) is 2.45. The molecule has 0 aromatic carbocycles. The van der Waals surface area contributed by atoms with Crippen molar-refractivity contribution in [1.29, 1.82) is 0 Å². The Morgan fingerprint density at radius 2 is 2.17 bits per heavy atom. The van der Waals surface area contributed by atoms with Crippen molar-refractivity contribution in [3.63, 3.8) is 0 Å². The predicted molar refractivity (Wildman–Crippen MR) is 49.9 cm³/mol. The molecule has 12 heavy (non-hydrogen) atoms. The molecule has 1 aromatic heterocycles. The standard InChI is InChI=1S/C7H10BrN3O/c1-5(12)2-9-7-10-3-6(8)4-11-7/h3-5,12H,2H2,1H3,(H,9,10,11). The highest BCUT2D eigenvalue weighted by Crippen LogP contribution is 2.06. The van der Waals surface area contributed by atoms with Crippen LogP contribution in [0.3, 0.4) is 0 Å². The molecule has 0 fully saturated rings. The zero-order valence-corrected chi connectivity index (χ0v) is 8.24. The van der Waals surface area contributed by atoms with Crippen molar-refractivity contribution in [3.05, 3.63) is 16.9 Å². The number of hydrogen-bond donors (Lipinski definition) is 2. The number of aliphatic hydroxyl groups is 1. The van der Waals surface area contributed by atoms with Crippen LogP contribution in [-0.2, 0) is 0 Å². The number of nitrogens with zero attached hydrogens (tertiary/aromatic N) is 2. The Bertz CT molecular complexity index is 237. The van der Waals surface area contributed by atoms with Crippen LogP contribution in [0, 0.1) is 0 Å². The molecule has 1 rings (SSSR count). The molecular weight excluding hydrogens is 222 g/mol. The van der Waals surface area contributed by atoms with Gasteiger partial charge in [0.2, 0.25) is 5.95 Å². The lowest BCUT2D eigenvalue weighted by atomic mass is 10.4. The molecule has 66 valence electrons. The van der Waals surface area contributed by atoms with Crippen molar-refractivity contribution >= 4 is 21.9 Å². The van der Waals surface area contributed by atoms with Crippen LogP contribution in [0.25, 0.3) is 0 Å². The Balaban J connectivity index is 2.48. The third-order valence-corrected chi connectivity index (χ3v) is 1.59. The molecule has 0 amide bonds. The van der Waals surface area contributed by atoms with E-state index in [1.165, 1.54) is 0 Å². The summed E-state index contributed by atoms with van der Waals surface area (Å²) in [6, 6.07) is 0. The smallest absolute Gasteiger partial charge is 0.222 e. The minimum atomic E-state index is -0.391. The molecule has 1 heterocycles. The normalized spacial score (nSPS) is 12.6. The molecule has 0 aliphatic rings. The van der Waals surface area contributed by atoms with Gasteiger partial charge in [-0.05, 0) is 22.9 Å². The first kappa shape index (κ1) is 9.41. The summed E-state index contributed by atoms with van der Waals surface area (Å²) in [7, 11) is 0. The SMILES string of the molecule is CC(O)CNc1ncc(Br)cn1. The van der Waals surface area contributed by atoms with Gasteiger partial charge in [-0.2, -0.15) is 0 Å². The van der Waals surface area contributed by atoms with Crippen molar-refractivity contribution in [2.45, 2.75) is 13.0 Å². The predicted octanol–water partition coefficient (Wildman–Crippen LogP) is 1.03. The van der Waals surface area contributed by atoms with Gasteiger partial charge in [0, 0.05) is 18.9 Å². The number of rotatable bonds is 3. The number of anilines is 1. The van der Waals surface area contributed by atoms with Crippen LogP contribution in [0.1, 0.15) is 6.92 Å². The second-order valence-corrected chi connectivity index (χ2v) is 3.37. The number of hydrogen-bond acceptors (Lipinski definition) is 4. The maximum atomic E-state index is 8.94. The van der Waals surface area contributed by atoms with E-state index < -0.39 is 6.10 Å². The van der Waals surface area contributed by atoms with Crippen LogP contribution >= 0.6 is 15.9 Å². The maximum Gasteiger partial charge on any atom is 0.222 e. The molecule has 0 spiro atoms. The average Bonchev–Trinajstić information content (AvgIpc) is 2.03. The van der Waals surface area contributed by atoms with Crippen LogP contribution in [0.2, 0.25) is 0 Å². The molecule has 1 unspecified atom stereocenters. The Hall–Kier alpha value is -0.680. The van der Waals surface area contributed by atoms with Gasteiger partial charge in [-0.25, -0.2) is 9.97 Å². The van der Waals surface area contributed by atoms with Gasteiger partial charge in [-0.3, -0.25) is 0 Å². The van der Waals surface area contributed by atoms with E-state index in [2.05, 4.69) is 31.2 Å². The van der Waals surface area contributed by atoms with Gasteiger partial charge in [0.1, 0.15) is 0 Å². The molecule has 1 aromatic rings. The molecule has 5 heteroatoms. The monoisotopic (exact) mass is 231 g/mol. The van der Waals surface area contributed by atoms with Crippen LogP contribution in [0.4, 0.5) is 5.95 Å². The summed E-state index contributed by atoms with van der Waals surface area (Å²) in [6.07, 6.45) is 2.91. The van der Waals surface area contributed by atoms with E-state index in [1.807, 2.05) is 0 Å². The lowest BCUT2D eigenvalue weighted by Crippen LogP contribution is -2.16. The minimum Gasteiger partial charge on any atom is -0.392 e. The van der Waals surface area contributed by atoms with E-state index in [0.29, 0.717) is 12.5 Å². The van der Waals surface area contributed by atoms with Gasteiger partial charge >= 0.3 is 0 Å². The Labute approximate surface area is 79.2 Å². The van der Waals surface area contributed by atoms with Gasteiger partial charge < -0.3 is 10.4 Å². The summed E-state index contributed by atoms with van der Waals surface area (Å²) in [5.41, 5.74) is 0. The zero-order chi connectivity index (χ0) is 8.97. The van der Waals surface area contributed by atoms with Gasteiger partial charge in [0.05, 0.1) is 10.6 Å². The van der Waals surface area contributed by atoms with E-state index in [0.717, 1.165) is 4.47 Å². The van der Waals surface area contributed by atoms with E-state index in [-0.39, 0.29) is 0 Å². The average molecular weight is 232 g/mol. The first-order valence-electron chi connectivity index (χ1n) is 3.58. The molecule has 0 radical (unpaired) electrons. The summed E-state index contributed by atoms with van der Waals surface area (Å²) in [4.78, 5) is 7.94. The second kappa shape index (κ2) is 4.37. The summed E-state index contributed by atoms with van der Waals surface area (Å²) in [5, 5.41) is 11.8. The van der Waals surface area contributed by atoms with E-state index in [9.17, 15) is 0 Å². The first-order chi connectivity index (χ1) is 5.68. The van der Waals surface area contributed by atoms with Gasteiger partial charge in [0.15, 0.2) is 0 Å². The molecule has 0 bridgehead atoms. The van der Waals surface area contributed by atoms with Gasteiger partial charge in [-0.15, -0.1) is 0 Å². The Morgan fingerprint density at radius 1 is 1.58 bits per heavy atom. The van der Waals surface area contributed by atoms with Crippen LogP contribution in [-0.4, -0.2) is 27.7 Å². The highest BCUT2D eigenvalue weighted by molar-refractivity contribution is 9.10. The largest absolute Gasteiger partial charge is 0.392 e. The van der Waals surface area contributed by atoms with Gasteiger partial charge in [-0.1, -0.05) is 0 Å². The van der Waals surface area contributed by atoms with E-state index in [4.69, 9.17) is 5.11 Å². The van der Waals surface area contributed by atoms with Crippen molar-refractivity contribution < 1.29 is 5.11 Å².